The number of nitrogens with zero attached hydrogens (tertiary/aromatic N) is 1. The highest BCUT2D eigenvalue weighted by atomic mass is 16.5. The molecule has 5 nitrogen and oxygen atoms in total. The van der Waals surface area contributed by atoms with E-state index in [-0.39, 0.29) is 24.9 Å². The van der Waals surface area contributed by atoms with Crippen LogP contribution in [0.4, 0.5) is 0 Å². The lowest BCUT2D eigenvalue weighted by molar-refractivity contribution is -0.142. The van der Waals surface area contributed by atoms with Crippen LogP contribution in [0, 0.1) is 0 Å². The van der Waals surface area contributed by atoms with Crippen LogP contribution in [0.5, 0.6) is 0 Å². The summed E-state index contributed by atoms with van der Waals surface area (Å²) in [6.45, 7) is 3.24. The van der Waals surface area contributed by atoms with Crippen molar-refractivity contribution in [2.45, 2.75) is 32.6 Å². The van der Waals surface area contributed by atoms with Gasteiger partial charge < -0.3 is 14.4 Å². The summed E-state index contributed by atoms with van der Waals surface area (Å²) in [5, 5.41) is 0. The summed E-state index contributed by atoms with van der Waals surface area (Å²) in [5.41, 5.74) is 0. The molecule has 0 aliphatic carbocycles. The number of carbonyl (C=O) groups is 2. The number of ether oxygens (including phenoxy) is 2. The van der Waals surface area contributed by atoms with Crippen molar-refractivity contribution in [1.82, 2.24) is 4.90 Å². The molecule has 0 fully saturated rings. The van der Waals surface area contributed by atoms with Gasteiger partial charge in [-0.05, 0) is 6.42 Å². The third-order valence-electron chi connectivity index (χ3n) is 2.47. The predicted molar refractivity (Wildman–Crippen MR) is 64.6 cm³/mol. The molecule has 0 aliphatic heterocycles. The Morgan fingerprint density at radius 2 is 1.82 bits per heavy atom. The summed E-state index contributed by atoms with van der Waals surface area (Å²) in [5.74, 6) is -0.372. The molecule has 100 valence electrons. The maximum absolute atomic E-state index is 11.7. The lowest BCUT2D eigenvalue weighted by atomic mass is 10.2. The first kappa shape index (κ1) is 15.9. The smallest absolute Gasteiger partial charge is 0.307 e. The van der Waals surface area contributed by atoms with Gasteiger partial charge in [0.1, 0.15) is 6.61 Å². The van der Waals surface area contributed by atoms with Crippen molar-refractivity contribution in [3.05, 3.63) is 0 Å². The summed E-state index contributed by atoms with van der Waals surface area (Å²) >= 11 is 0. The van der Waals surface area contributed by atoms with Crippen LogP contribution in [0.25, 0.3) is 0 Å². The first-order valence-corrected chi connectivity index (χ1v) is 5.99. The van der Waals surface area contributed by atoms with Gasteiger partial charge in [0.25, 0.3) is 0 Å². The Balaban J connectivity index is 4.09. The van der Waals surface area contributed by atoms with E-state index in [9.17, 15) is 9.59 Å². The summed E-state index contributed by atoms with van der Waals surface area (Å²) in [4.78, 5) is 24.4. The summed E-state index contributed by atoms with van der Waals surface area (Å²) in [6.07, 6.45) is 3.36. The van der Waals surface area contributed by atoms with E-state index >= 15 is 0 Å². The normalized spacial score (nSPS) is 10.1. The Morgan fingerprint density at radius 1 is 1.12 bits per heavy atom. The second-order valence-corrected chi connectivity index (χ2v) is 3.85. The molecule has 0 bridgehead atoms. The second kappa shape index (κ2) is 10.1. The van der Waals surface area contributed by atoms with Crippen molar-refractivity contribution in [2.75, 3.05) is 33.9 Å². The van der Waals surface area contributed by atoms with Gasteiger partial charge in [0, 0.05) is 20.2 Å². The molecule has 0 aromatic heterocycles. The zero-order valence-corrected chi connectivity index (χ0v) is 11.0. The average Bonchev–Trinajstić information content (AvgIpc) is 2.33. The fourth-order valence-electron chi connectivity index (χ4n) is 1.46. The van der Waals surface area contributed by atoms with Crippen LogP contribution in [-0.4, -0.2) is 50.7 Å². The number of rotatable bonds is 9. The average molecular weight is 245 g/mol. The van der Waals surface area contributed by atoms with Crippen LogP contribution >= 0.6 is 0 Å². The van der Waals surface area contributed by atoms with Crippen LogP contribution < -0.4 is 0 Å². The Bertz CT molecular complexity index is 231. The molecule has 0 radical (unpaired) electrons. The van der Waals surface area contributed by atoms with Crippen molar-refractivity contribution in [3.63, 3.8) is 0 Å². The van der Waals surface area contributed by atoms with Gasteiger partial charge in [0.05, 0.1) is 13.5 Å². The van der Waals surface area contributed by atoms with Gasteiger partial charge in [-0.3, -0.25) is 9.59 Å². The highest BCUT2D eigenvalue weighted by molar-refractivity contribution is 5.78. The van der Waals surface area contributed by atoms with Crippen LogP contribution in [0.2, 0.25) is 0 Å². The van der Waals surface area contributed by atoms with Gasteiger partial charge in [-0.25, -0.2) is 0 Å². The number of hydrogen-bond donors (Lipinski definition) is 0. The largest absolute Gasteiger partial charge is 0.469 e. The van der Waals surface area contributed by atoms with Gasteiger partial charge in [-0.1, -0.05) is 19.8 Å². The summed E-state index contributed by atoms with van der Waals surface area (Å²) < 4.78 is 9.37. The van der Waals surface area contributed by atoms with Crippen LogP contribution in [0.1, 0.15) is 32.6 Å². The minimum atomic E-state index is -0.296. The van der Waals surface area contributed by atoms with E-state index in [1.165, 1.54) is 14.2 Å². The molecule has 0 saturated carbocycles. The molecule has 0 aromatic rings. The van der Waals surface area contributed by atoms with Crippen molar-refractivity contribution < 1.29 is 19.1 Å². The molecule has 0 spiro atoms. The Labute approximate surface area is 103 Å². The molecule has 0 aromatic carbocycles. The van der Waals surface area contributed by atoms with Crippen molar-refractivity contribution >= 4 is 11.9 Å². The van der Waals surface area contributed by atoms with E-state index < -0.39 is 0 Å². The number of amides is 1. The Hall–Kier alpha value is -1.10. The molecule has 0 saturated heterocycles. The molecule has 0 N–H and O–H groups in total. The lowest BCUT2D eigenvalue weighted by Crippen LogP contribution is -2.36. The van der Waals surface area contributed by atoms with Crippen molar-refractivity contribution in [3.8, 4) is 0 Å². The predicted octanol–water partition coefficient (Wildman–Crippen LogP) is 1.21. The number of hydrogen-bond acceptors (Lipinski definition) is 4. The first-order valence-electron chi connectivity index (χ1n) is 5.99. The quantitative estimate of drug-likeness (QED) is 0.452. The van der Waals surface area contributed by atoms with Crippen LogP contribution in [-0.2, 0) is 19.1 Å². The van der Waals surface area contributed by atoms with Crippen molar-refractivity contribution in [1.29, 1.82) is 0 Å². The molecule has 0 unspecified atom stereocenters. The lowest BCUT2D eigenvalue weighted by Gasteiger charge is -2.21. The fourth-order valence-corrected chi connectivity index (χ4v) is 1.46. The second-order valence-electron chi connectivity index (χ2n) is 3.85. The monoisotopic (exact) mass is 245 g/mol. The Kier molecular flexibility index (Phi) is 9.43. The fraction of sp³-hybridized carbons (Fsp3) is 0.833. The molecule has 0 atom stereocenters. The number of esters is 1. The van der Waals surface area contributed by atoms with Crippen molar-refractivity contribution in [2.24, 2.45) is 0 Å². The zero-order chi connectivity index (χ0) is 13.1. The van der Waals surface area contributed by atoms with Gasteiger partial charge in [-0.2, -0.15) is 0 Å². The third-order valence-corrected chi connectivity index (χ3v) is 2.47. The Morgan fingerprint density at radius 3 is 2.35 bits per heavy atom. The van der Waals surface area contributed by atoms with E-state index in [1.807, 2.05) is 0 Å². The summed E-state index contributed by atoms with van der Waals surface area (Å²) in [7, 11) is 2.84. The van der Waals surface area contributed by atoms with Gasteiger partial charge in [0.15, 0.2) is 0 Å². The SMILES string of the molecule is CCCCCN(CCC(=O)OC)C(=O)COC. The molecular weight excluding hydrogens is 222 g/mol. The topological polar surface area (TPSA) is 55.8 Å². The highest BCUT2D eigenvalue weighted by Crippen LogP contribution is 2.01. The zero-order valence-electron chi connectivity index (χ0n) is 11.0. The van der Waals surface area contributed by atoms with E-state index in [1.54, 1.807) is 4.90 Å². The third kappa shape index (κ3) is 7.74. The number of unbranched alkanes of at least 4 members (excludes halogenated alkanes) is 2. The van der Waals surface area contributed by atoms with E-state index in [0.29, 0.717) is 13.1 Å². The van der Waals surface area contributed by atoms with Crippen LogP contribution in [0.3, 0.4) is 0 Å². The number of carbonyl (C=O) groups excluding carboxylic acids is 2. The molecule has 0 aliphatic rings. The minimum absolute atomic E-state index is 0.0628. The molecule has 17 heavy (non-hydrogen) atoms. The van der Waals surface area contributed by atoms with Gasteiger partial charge in [-0.15, -0.1) is 0 Å². The van der Waals surface area contributed by atoms with Gasteiger partial charge in [0.2, 0.25) is 5.91 Å². The standard InChI is InChI=1S/C12H23NO4/c1-4-5-6-8-13(11(14)10-16-2)9-7-12(15)17-3/h4-10H2,1-3H3. The van der Waals surface area contributed by atoms with E-state index in [2.05, 4.69) is 11.7 Å². The van der Waals surface area contributed by atoms with E-state index in [0.717, 1.165) is 19.3 Å². The maximum atomic E-state index is 11.7. The molecule has 5 heteroatoms. The minimum Gasteiger partial charge on any atom is -0.469 e. The first-order chi connectivity index (χ1) is 8.15. The van der Waals surface area contributed by atoms with E-state index in [4.69, 9.17) is 4.74 Å². The maximum Gasteiger partial charge on any atom is 0.307 e. The van der Waals surface area contributed by atoms with Gasteiger partial charge >= 0.3 is 5.97 Å². The molecule has 0 heterocycles. The summed E-state index contributed by atoms with van der Waals surface area (Å²) in [6, 6.07) is 0. The number of methoxy groups -OCH3 is 2. The van der Waals surface area contributed by atoms with Crippen LogP contribution in [0.15, 0.2) is 0 Å². The molecule has 1 amide bonds. The molecule has 0 rings (SSSR count). The molecular formula is C12H23NO4. The highest BCUT2D eigenvalue weighted by Gasteiger charge is 2.14.